The largest absolute Gasteiger partial charge is 0.358 e. The number of carbonyl (C=O) groups is 1. The van der Waals surface area contributed by atoms with Gasteiger partial charge in [-0.25, -0.2) is 13.4 Å². The standard InChI is InChI=1S/C8H14N4O3S/c1-6-10-4-8(11-6)16(14,15)12(3)5-7(13)9-2/h4H,5H2,1-3H3,(H,9,13)(H,10,11). The van der Waals surface area contributed by atoms with E-state index in [2.05, 4.69) is 15.3 Å². The Morgan fingerprint density at radius 2 is 2.25 bits per heavy atom. The SMILES string of the molecule is CNC(=O)CN(C)S(=O)(=O)c1cnc(C)[nH]1. The molecule has 1 aromatic rings. The highest BCUT2D eigenvalue weighted by Crippen LogP contribution is 2.10. The minimum Gasteiger partial charge on any atom is -0.358 e. The molecule has 1 aromatic heterocycles. The number of nitrogens with one attached hydrogen (secondary N) is 2. The summed E-state index contributed by atoms with van der Waals surface area (Å²) >= 11 is 0. The number of nitrogens with zero attached hydrogens (tertiary/aromatic N) is 2. The lowest BCUT2D eigenvalue weighted by atomic mass is 10.6. The summed E-state index contributed by atoms with van der Waals surface area (Å²) in [7, 11) is -0.887. The maximum absolute atomic E-state index is 11.9. The average molecular weight is 246 g/mol. The Labute approximate surface area is 93.9 Å². The van der Waals surface area contributed by atoms with Crippen LogP contribution < -0.4 is 5.32 Å². The van der Waals surface area contributed by atoms with Crippen LogP contribution in [0.2, 0.25) is 0 Å². The second kappa shape index (κ2) is 4.62. The maximum atomic E-state index is 11.9. The smallest absolute Gasteiger partial charge is 0.260 e. The Balaban J connectivity index is 2.90. The van der Waals surface area contributed by atoms with Gasteiger partial charge in [-0.05, 0) is 6.92 Å². The van der Waals surface area contributed by atoms with Crippen LogP contribution in [0.25, 0.3) is 0 Å². The normalized spacial score (nSPS) is 11.8. The number of amides is 1. The molecule has 0 spiro atoms. The Bertz CT molecular complexity index is 479. The summed E-state index contributed by atoms with van der Waals surface area (Å²) in [6.45, 7) is 1.43. The second-order valence-electron chi connectivity index (χ2n) is 3.27. The molecule has 0 aliphatic heterocycles. The van der Waals surface area contributed by atoms with Crippen LogP contribution in [0.1, 0.15) is 5.82 Å². The van der Waals surface area contributed by atoms with Crippen molar-refractivity contribution in [2.45, 2.75) is 11.9 Å². The van der Waals surface area contributed by atoms with Gasteiger partial charge in [0, 0.05) is 14.1 Å². The molecule has 0 unspecified atom stereocenters. The zero-order chi connectivity index (χ0) is 12.3. The third-order valence-corrected chi connectivity index (χ3v) is 3.73. The van der Waals surface area contributed by atoms with Gasteiger partial charge in [-0.3, -0.25) is 4.79 Å². The van der Waals surface area contributed by atoms with Crippen LogP contribution in [0.5, 0.6) is 0 Å². The number of carbonyl (C=O) groups excluding carboxylic acids is 1. The molecule has 8 heteroatoms. The van der Waals surface area contributed by atoms with Crippen molar-refractivity contribution in [2.75, 3.05) is 20.6 Å². The van der Waals surface area contributed by atoms with Crippen molar-refractivity contribution in [3.8, 4) is 0 Å². The highest BCUT2D eigenvalue weighted by Gasteiger charge is 2.24. The van der Waals surface area contributed by atoms with Gasteiger partial charge in [-0.2, -0.15) is 4.31 Å². The molecule has 0 atom stereocenters. The number of hydrogen-bond donors (Lipinski definition) is 2. The number of aromatic amines is 1. The van der Waals surface area contributed by atoms with Crippen molar-refractivity contribution in [3.63, 3.8) is 0 Å². The first-order chi connectivity index (χ1) is 7.37. The van der Waals surface area contributed by atoms with E-state index in [1.54, 1.807) is 6.92 Å². The minimum absolute atomic E-state index is 0.0172. The summed E-state index contributed by atoms with van der Waals surface area (Å²) in [6.07, 6.45) is 1.23. The zero-order valence-electron chi connectivity index (χ0n) is 9.31. The van der Waals surface area contributed by atoms with Crippen molar-refractivity contribution in [1.82, 2.24) is 19.6 Å². The molecule has 0 aromatic carbocycles. The number of H-pyrrole nitrogens is 1. The van der Waals surface area contributed by atoms with Gasteiger partial charge in [0.05, 0.1) is 12.7 Å². The molecular weight excluding hydrogens is 232 g/mol. The third-order valence-electron chi connectivity index (χ3n) is 2.01. The molecule has 1 amide bonds. The fraction of sp³-hybridized carbons (Fsp3) is 0.500. The van der Waals surface area contributed by atoms with Gasteiger partial charge in [-0.1, -0.05) is 0 Å². The summed E-state index contributed by atoms with van der Waals surface area (Å²) in [5.41, 5.74) is 0. The van der Waals surface area contributed by atoms with Crippen molar-refractivity contribution in [2.24, 2.45) is 0 Å². The van der Waals surface area contributed by atoms with Gasteiger partial charge in [0.1, 0.15) is 5.82 Å². The van der Waals surface area contributed by atoms with E-state index < -0.39 is 10.0 Å². The molecule has 0 saturated heterocycles. The number of aryl methyl sites for hydroxylation is 1. The van der Waals surface area contributed by atoms with Crippen molar-refractivity contribution < 1.29 is 13.2 Å². The van der Waals surface area contributed by atoms with E-state index in [9.17, 15) is 13.2 Å². The molecule has 0 bridgehead atoms. The van der Waals surface area contributed by atoms with Crippen LogP contribution in [0.15, 0.2) is 11.2 Å². The molecular formula is C8H14N4O3S. The highest BCUT2D eigenvalue weighted by molar-refractivity contribution is 7.89. The zero-order valence-corrected chi connectivity index (χ0v) is 10.1. The Morgan fingerprint density at radius 1 is 1.62 bits per heavy atom. The molecule has 7 nitrogen and oxygen atoms in total. The van der Waals surface area contributed by atoms with Crippen LogP contribution in [0.4, 0.5) is 0 Å². The molecule has 16 heavy (non-hydrogen) atoms. The van der Waals surface area contributed by atoms with E-state index in [1.165, 1.54) is 20.3 Å². The van der Waals surface area contributed by atoms with Gasteiger partial charge in [-0.15, -0.1) is 0 Å². The van der Waals surface area contributed by atoms with Gasteiger partial charge >= 0.3 is 0 Å². The lowest BCUT2D eigenvalue weighted by Gasteiger charge is -2.14. The number of sulfonamides is 1. The number of hydrogen-bond acceptors (Lipinski definition) is 4. The molecule has 0 aliphatic rings. The van der Waals surface area contributed by atoms with Crippen LogP contribution in [0, 0.1) is 6.92 Å². The summed E-state index contributed by atoms with van der Waals surface area (Å²) < 4.78 is 24.7. The maximum Gasteiger partial charge on any atom is 0.260 e. The lowest BCUT2D eigenvalue weighted by Crippen LogP contribution is -2.37. The topological polar surface area (TPSA) is 95.2 Å². The quantitative estimate of drug-likeness (QED) is 0.718. The van der Waals surface area contributed by atoms with E-state index >= 15 is 0 Å². The van der Waals surface area contributed by atoms with Crippen molar-refractivity contribution in [3.05, 3.63) is 12.0 Å². The Hall–Kier alpha value is -1.41. The van der Waals surface area contributed by atoms with E-state index in [4.69, 9.17) is 0 Å². The second-order valence-corrected chi connectivity index (χ2v) is 5.28. The number of rotatable bonds is 4. The average Bonchev–Trinajstić information content (AvgIpc) is 2.65. The van der Waals surface area contributed by atoms with Crippen LogP contribution in [0.3, 0.4) is 0 Å². The van der Waals surface area contributed by atoms with E-state index in [-0.39, 0.29) is 17.5 Å². The Morgan fingerprint density at radius 3 is 2.69 bits per heavy atom. The first kappa shape index (κ1) is 12.7. The molecule has 1 heterocycles. The highest BCUT2D eigenvalue weighted by atomic mass is 32.2. The van der Waals surface area contributed by atoms with Crippen molar-refractivity contribution in [1.29, 1.82) is 0 Å². The summed E-state index contributed by atoms with van der Waals surface area (Å²) in [5.74, 6) is 0.134. The minimum atomic E-state index is -3.67. The monoisotopic (exact) mass is 246 g/mol. The predicted molar refractivity (Wildman–Crippen MR) is 57.2 cm³/mol. The van der Waals surface area contributed by atoms with Crippen LogP contribution in [-0.4, -0.2) is 49.2 Å². The van der Waals surface area contributed by atoms with E-state index in [1.807, 2.05) is 0 Å². The van der Waals surface area contributed by atoms with Gasteiger partial charge < -0.3 is 10.3 Å². The van der Waals surface area contributed by atoms with Crippen LogP contribution in [-0.2, 0) is 14.8 Å². The van der Waals surface area contributed by atoms with Gasteiger partial charge in [0.15, 0.2) is 5.03 Å². The molecule has 90 valence electrons. The first-order valence-electron chi connectivity index (χ1n) is 4.56. The van der Waals surface area contributed by atoms with Crippen molar-refractivity contribution >= 4 is 15.9 Å². The van der Waals surface area contributed by atoms with E-state index in [0.29, 0.717) is 5.82 Å². The lowest BCUT2D eigenvalue weighted by molar-refractivity contribution is -0.120. The molecule has 0 fully saturated rings. The summed E-state index contributed by atoms with van der Waals surface area (Å²) in [5, 5.41) is 2.34. The molecule has 0 saturated carbocycles. The molecule has 0 aliphatic carbocycles. The van der Waals surface area contributed by atoms with Crippen LogP contribution >= 0.6 is 0 Å². The molecule has 1 rings (SSSR count). The third kappa shape index (κ3) is 2.58. The fourth-order valence-corrected chi connectivity index (χ4v) is 2.15. The van der Waals surface area contributed by atoms with Gasteiger partial charge in [0.25, 0.3) is 10.0 Å². The Kier molecular flexibility index (Phi) is 3.66. The fourth-order valence-electron chi connectivity index (χ4n) is 1.06. The molecule has 2 N–H and O–H groups in total. The number of aromatic nitrogens is 2. The predicted octanol–water partition coefficient (Wildman–Crippen LogP) is -0.915. The first-order valence-corrected chi connectivity index (χ1v) is 6.00. The summed E-state index contributed by atoms with van der Waals surface area (Å²) in [4.78, 5) is 17.5. The van der Waals surface area contributed by atoms with Gasteiger partial charge in [0.2, 0.25) is 5.91 Å². The van der Waals surface area contributed by atoms with E-state index in [0.717, 1.165) is 4.31 Å². The number of imidazole rings is 1. The molecule has 0 radical (unpaired) electrons. The summed E-state index contributed by atoms with van der Waals surface area (Å²) in [6, 6.07) is 0. The number of likely N-dealkylation sites (N-methyl/N-ethyl adjacent to an activating group) is 2.